The third-order valence-corrected chi connectivity index (χ3v) is 4.10. The van der Waals surface area contributed by atoms with Crippen LogP contribution >= 0.6 is 0 Å². The molecule has 0 amide bonds. The largest absolute Gasteiger partial charge is 0.491 e. The monoisotopic (exact) mass is 290 g/mol. The number of carbonyl (C=O) groups excluding carboxylic acids is 1. The van der Waals surface area contributed by atoms with Crippen molar-refractivity contribution in [2.75, 3.05) is 7.11 Å². The number of benzene rings is 1. The molecular formula is C18H26O3. The normalized spacial score (nSPS) is 17.7. The fraction of sp³-hybridized carbons (Fsp3) is 0.611. The van der Waals surface area contributed by atoms with Crippen LogP contribution in [0, 0.1) is 5.92 Å². The number of rotatable bonds is 6. The Morgan fingerprint density at radius 1 is 1.10 bits per heavy atom. The van der Waals surface area contributed by atoms with Gasteiger partial charge >= 0.3 is 0 Å². The molecule has 0 bridgehead atoms. The van der Waals surface area contributed by atoms with Gasteiger partial charge in [0.1, 0.15) is 11.9 Å². The molecule has 1 aliphatic rings. The molecule has 0 spiro atoms. The average molecular weight is 290 g/mol. The average Bonchev–Trinajstić information content (AvgIpc) is 2.49. The van der Waals surface area contributed by atoms with Crippen LogP contribution < -0.4 is 4.74 Å². The van der Waals surface area contributed by atoms with E-state index in [1.54, 1.807) is 7.11 Å². The molecule has 0 aliphatic heterocycles. The highest BCUT2D eigenvalue weighted by Gasteiger charge is 2.30. The summed E-state index contributed by atoms with van der Waals surface area (Å²) in [5.41, 5.74) is 0.712. The van der Waals surface area contributed by atoms with Crippen LogP contribution in [0.1, 0.15) is 56.3 Å². The van der Waals surface area contributed by atoms with Crippen molar-refractivity contribution in [3.63, 3.8) is 0 Å². The zero-order valence-corrected chi connectivity index (χ0v) is 13.3. The Balaban J connectivity index is 2.06. The van der Waals surface area contributed by atoms with Gasteiger partial charge in [-0.25, -0.2) is 0 Å². The summed E-state index contributed by atoms with van der Waals surface area (Å²) in [7, 11) is 1.65. The molecule has 0 N–H and O–H groups in total. The van der Waals surface area contributed by atoms with E-state index in [1.165, 1.54) is 19.3 Å². The molecule has 1 fully saturated rings. The maximum absolute atomic E-state index is 12.6. The van der Waals surface area contributed by atoms with Crippen LogP contribution in [-0.4, -0.2) is 25.1 Å². The molecule has 1 atom stereocenters. The molecule has 3 heteroatoms. The minimum absolute atomic E-state index is 0.0977. The lowest BCUT2D eigenvalue weighted by atomic mass is 9.82. The summed E-state index contributed by atoms with van der Waals surface area (Å²) in [6, 6.07) is 7.41. The molecule has 3 nitrogen and oxygen atoms in total. The lowest BCUT2D eigenvalue weighted by Crippen LogP contribution is -2.33. The highest BCUT2D eigenvalue weighted by Crippen LogP contribution is 2.29. The second kappa shape index (κ2) is 7.60. The summed E-state index contributed by atoms with van der Waals surface area (Å²) in [5, 5.41) is 0. The third kappa shape index (κ3) is 4.31. The third-order valence-electron chi connectivity index (χ3n) is 4.10. The molecule has 0 saturated heterocycles. The molecule has 0 radical (unpaired) electrons. The molecular weight excluding hydrogens is 264 g/mol. The van der Waals surface area contributed by atoms with Crippen LogP contribution in [0.2, 0.25) is 0 Å². The van der Waals surface area contributed by atoms with E-state index in [0.29, 0.717) is 11.5 Å². The van der Waals surface area contributed by atoms with Crippen molar-refractivity contribution in [3.05, 3.63) is 29.8 Å². The van der Waals surface area contributed by atoms with E-state index >= 15 is 0 Å². The van der Waals surface area contributed by atoms with Gasteiger partial charge in [0.05, 0.1) is 6.10 Å². The van der Waals surface area contributed by atoms with Gasteiger partial charge in [-0.1, -0.05) is 19.3 Å². The topological polar surface area (TPSA) is 35.5 Å². The predicted molar refractivity (Wildman–Crippen MR) is 83.9 cm³/mol. The van der Waals surface area contributed by atoms with Gasteiger partial charge in [-0.15, -0.1) is 0 Å². The van der Waals surface area contributed by atoms with E-state index in [2.05, 4.69) is 0 Å². The Kier molecular flexibility index (Phi) is 5.80. The quantitative estimate of drug-likeness (QED) is 0.735. The molecule has 116 valence electrons. The van der Waals surface area contributed by atoms with E-state index in [4.69, 9.17) is 9.47 Å². The van der Waals surface area contributed by atoms with Crippen LogP contribution in [-0.2, 0) is 4.74 Å². The van der Waals surface area contributed by atoms with Gasteiger partial charge < -0.3 is 9.47 Å². The number of ether oxygens (including phenoxy) is 2. The van der Waals surface area contributed by atoms with E-state index in [9.17, 15) is 4.79 Å². The first-order valence-electron chi connectivity index (χ1n) is 7.95. The van der Waals surface area contributed by atoms with E-state index in [-0.39, 0.29) is 18.0 Å². The van der Waals surface area contributed by atoms with Gasteiger partial charge in [-0.3, -0.25) is 4.79 Å². The highest BCUT2D eigenvalue weighted by atomic mass is 16.5. The van der Waals surface area contributed by atoms with Gasteiger partial charge in [0.15, 0.2) is 5.78 Å². The van der Waals surface area contributed by atoms with Crippen molar-refractivity contribution in [2.45, 2.75) is 58.2 Å². The Morgan fingerprint density at radius 2 is 1.71 bits per heavy atom. The number of methoxy groups -OCH3 is 1. The Bertz CT molecular complexity index is 444. The first-order valence-corrected chi connectivity index (χ1v) is 7.95. The molecule has 0 aromatic heterocycles. The van der Waals surface area contributed by atoms with Crippen molar-refractivity contribution in [3.8, 4) is 5.75 Å². The van der Waals surface area contributed by atoms with Crippen molar-refractivity contribution < 1.29 is 14.3 Å². The summed E-state index contributed by atoms with van der Waals surface area (Å²) >= 11 is 0. The molecule has 1 aliphatic carbocycles. The summed E-state index contributed by atoms with van der Waals surface area (Å²) in [4.78, 5) is 12.6. The van der Waals surface area contributed by atoms with Crippen molar-refractivity contribution in [1.82, 2.24) is 0 Å². The number of ketones is 1. The number of carbonyl (C=O) groups is 1. The smallest absolute Gasteiger partial charge is 0.191 e. The molecule has 0 heterocycles. The fourth-order valence-electron chi connectivity index (χ4n) is 3.08. The van der Waals surface area contributed by atoms with Gasteiger partial charge in [0.25, 0.3) is 0 Å². The molecule has 1 unspecified atom stereocenters. The second-order valence-corrected chi connectivity index (χ2v) is 6.11. The van der Waals surface area contributed by atoms with E-state index in [1.807, 2.05) is 38.1 Å². The first kappa shape index (κ1) is 16.0. The highest BCUT2D eigenvalue weighted by molar-refractivity contribution is 5.99. The maximum atomic E-state index is 12.6. The minimum Gasteiger partial charge on any atom is -0.491 e. The van der Waals surface area contributed by atoms with Crippen molar-refractivity contribution in [2.24, 2.45) is 5.92 Å². The van der Waals surface area contributed by atoms with E-state index in [0.717, 1.165) is 18.6 Å². The van der Waals surface area contributed by atoms with Crippen molar-refractivity contribution >= 4 is 5.78 Å². The fourth-order valence-corrected chi connectivity index (χ4v) is 3.08. The SMILES string of the molecule is COC(C(=O)c1ccc(OC(C)C)cc1)C1CCCCC1. The number of hydrogen-bond acceptors (Lipinski definition) is 3. The summed E-state index contributed by atoms with van der Waals surface area (Å²) < 4.78 is 11.1. The first-order chi connectivity index (χ1) is 10.1. The predicted octanol–water partition coefficient (Wildman–Crippen LogP) is 4.25. The van der Waals surface area contributed by atoms with Crippen LogP contribution in [0.25, 0.3) is 0 Å². The molecule has 2 rings (SSSR count). The standard InChI is InChI=1S/C18H26O3/c1-13(2)21-16-11-9-14(10-12-16)17(19)18(20-3)15-7-5-4-6-8-15/h9-13,15,18H,4-8H2,1-3H3. The summed E-state index contributed by atoms with van der Waals surface area (Å²) in [6.07, 6.45) is 5.72. The van der Waals surface area contributed by atoms with Gasteiger partial charge in [-0.05, 0) is 56.9 Å². The molecule has 1 aromatic carbocycles. The van der Waals surface area contributed by atoms with Gasteiger partial charge in [0.2, 0.25) is 0 Å². The van der Waals surface area contributed by atoms with Gasteiger partial charge in [-0.2, -0.15) is 0 Å². The van der Waals surface area contributed by atoms with Crippen LogP contribution in [0.3, 0.4) is 0 Å². The molecule has 21 heavy (non-hydrogen) atoms. The molecule has 1 saturated carbocycles. The second-order valence-electron chi connectivity index (χ2n) is 6.11. The van der Waals surface area contributed by atoms with E-state index < -0.39 is 0 Å². The van der Waals surface area contributed by atoms with Crippen molar-refractivity contribution in [1.29, 1.82) is 0 Å². The zero-order valence-electron chi connectivity index (χ0n) is 13.3. The number of Topliss-reactive ketones (excluding diaryl/α,β-unsaturated/α-hetero) is 1. The lowest BCUT2D eigenvalue weighted by Gasteiger charge is -2.28. The Hall–Kier alpha value is -1.35. The minimum atomic E-state index is -0.304. The van der Waals surface area contributed by atoms with Crippen LogP contribution in [0.15, 0.2) is 24.3 Å². The Labute approximate surface area is 127 Å². The number of hydrogen-bond donors (Lipinski definition) is 0. The summed E-state index contributed by atoms with van der Waals surface area (Å²) in [5.74, 6) is 1.26. The zero-order chi connectivity index (χ0) is 15.2. The lowest BCUT2D eigenvalue weighted by molar-refractivity contribution is 0.0314. The van der Waals surface area contributed by atoms with Crippen LogP contribution in [0.4, 0.5) is 0 Å². The van der Waals surface area contributed by atoms with Gasteiger partial charge in [0, 0.05) is 12.7 Å². The maximum Gasteiger partial charge on any atom is 0.191 e. The molecule has 1 aromatic rings. The Morgan fingerprint density at radius 3 is 2.24 bits per heavy atom. The summed E-state index contributed by atoms with van der Waals surface area (Å²) in [6.45, 7) is 3.98. The van der Waals surface area contributed by atoms with Crippen LogP contribution in [0.5, 0.6) is 5.75 Å².